The molecular weight excluding hydrogens is 340 g/mol. The van der Waals surface area contributed by atoms with Crippen molar-refractivity contribution in [3.63, 3.8) is 0 Å². The first-order valence-corrected chi connectivity index (χ1v) is 8.31. The lowest BCUT2D eigenvalue weighted by Gasteiger charge is -2.33. The van der Waals surface area contributed by atoms with Crippen molar-refractivity contribution in [3.8, 4) is 11.8 Å². The average Bonchev–Trinajstić information content (AvgIpc) is 2.62. The van der Waals surface area contributed by atoms with Crippen LogP contribution in [0.25, 0.3) is 0 Å². The molecule has 1 saturated heterocycles. The van der Waals surface area contributed by atoms with Crippen molar-refractivity contribution in [1.29, 1.82) is 5.26 Å². The van der Waals surface area contributed by atoms with Crippen molar-refractivity contribution in [3.05, 3.63) is 52.8 Å². The van der Waals surface area contributed by atoms with E-state index in [4.69, 9.17) is 27.3 Å². The Bertz CT molecular complexity index is 826. The van der Waals surface area contributed by atoms with Crippen molar-refractivity contribution in [2.75, 3.05) is 18.0 Å². The Morgan fingerprint density at radius 3 is 2.72 bits per heavy atom. The van der Waals surface area contributed by atoms with Crippen LogP contribution in [0.2, 0.25) is 5.02 Å². The van der Waals surface area contributed by atoms with Gasteiger partial charge >= 0.3 is 0 Å². The summed E-state index contributed by atoms with van der Waals surface area (Å²) in [5, 5.41) is 9.42. The molecule has 128 valence electrons. The zero-order valence-electron chi connectivity index (χ0n) is 13.5. The quantitative estimate of drug-likeness (QED) is 0.909. The number of carbonyl (C=O) groups excluding carboxylic acids is 1. The van der Waals surface area contributed by atoms with Gasteiger partial charge in [0, 0.05) is 43.9 Å². The van der Waals surface area contributed by atoms with Gasteiger partial charge in [-0.2, -0.15) is 5.26 Å². The molecule has 1 aliphatic heterocycles. The summed E-state index contributed by atoms with van der Waals surface area (Å²) in [6, 6.07) is 10.8. The first kappa shape index (κ1) is 17.1. The third-order valence-electron chi connectivity index (χ3n) is 4.17. The van der Waals surface area contributed by atoms with Gasteiger partial charge in [0.05, 0.1) is 10.6 Å². The Morgan fingerprint density at radius 2 is 2.08 bits per heavy atom. The van der Waals surface area contributed by atoms with Gasteiger partial charge in [0.25, 0.3) is 5.91 Å². The number of piperidine rings is 1. The van der Waals surface area contributed by atoms with Gasteiger partial charge in [0.1, 0.15) is 23.6 Å². The van der Waals surface area contributed by atoms with E-state index in [1.54, 1.807) is 18.2 Å². The number of halogens is 1. The molecule has 0 aliphatic carbocycles. The number of hydrogen-bond acceptors (Lipinski definition) is 5. The smallest absolute Gasteiger partial charge is 0.267 e. The van der Waals surface area contributed by atoms with E-state index in [0.29, 0.717) is 16.3 Å². The first-order chi connectivity index (χ1) is 12.1. The van der Waals surface area contributed by atoms with Crippen LogP contribution in [-0.4, -0.2) is 30.1 Å². The molecule has 0 bridgehead atoms. The normalized spacial score (nSPS) is 14.8. The molecule has 1 amide bonds. The number of aromatic nitrogens is 1. The highest BCUT2D eigenvalue weighted by atomic mass is 35.5. The van der Waals surface area contributed by atoms with Gasteiger partial charge in [0.2, 0.25) is 0 Å². The number of carbonyl (C=O) groups is 1. The van der Waals surface area contributed by atoms with Crippen molar-refractivity contribution >= 4 is 23.2 Å². The zero-order valence-corrected chi connectivity index (χ0v) is 14.2. The third-order valence-corrected chi connectivity index (χ3v) is 4.48. The Morgan fingerprint density at radius 1 is 1.32 bits per heavy atom. The van der Waals surface area contributed by atoms with E-state index >= 15 is 0 Å². The summed E-state index contributed by atoms with van der Waals surface area (Å²) in [5.41, 5.74) is 6.91. The topological polar surface area (TPSA) is 92.2 Å². The maximum Gasteiger partial charge on any atom is 0.267 e. The van der Waals surface area contributed by atoms with Crippen molar-refractivity contribution in [2.24, 2.45) is 5.73 Å². The lowest BCUT2D eigenvalue weighted by atomic mass is 10.1. The number of primary amides is 1. The number of nitrogens with zero attached hydrogens (tertiary/aromatic N) is 3. The molecule has 1 aromatic carbocycles. The van der Waals surface area contributed by atoms with E-state index < -0.39 is 5.91 Å². The first-order valence-electron chi connectivity index (χ1n) is 7.94. The number of ether oxygens (including phenoxy) is 1. The van der Waals surface area contributed by atoms with Crippen LogP contribution in [0, 0.1) is 11.3 Å². The lowest BCUT2D eigenvalue weighted by molar-refractivity contribution is 0.0994. The van der Waals surface area contributed by atoms with Gasteiger partial charge in [-0.05, 0) is 24.3 Å². The summed E-state index contributed by atoms with van der Waals surface area (Å²) >= 11 is 6.11. The Balaban J connectivity index is 1.60. The standard InChI is InChI=1S/C18H17ClN4O2/c19-16-9-13(2-1-12(16)11-20)23-7-4-14(5-8-23)25-15-3-6-22-17(10-15)18(21)24/h1-3,6,9-10,14H,4-5,7-8H2,(H2,21,24). The van der Waals surface area contributed by atoms with Gasteiger partial charge in [0.15, 0.2) is 0 Å². The molecule has 7 heteroatoms. The highest BCUT2D eigenvalue weighted by Gasteiger charge is 2.21. The maximum absolute atomic E-state index is 11.2. The average molecular weight is 357 g/mol. The molecule has 25 heavy (non-hydrogen) atoms. The summed E-state index contributed by atoms with van der Waals surface area (Å²) in [6.07, 6.45) is 3.26. The molecule has 2 aromatic rings. The van der Waals surface area contributed by atoms with E-state index in [0.717, 1.165) is 31.6 Å². The third kappa shape index (κ3) is 4.01. The van der Waals surface area contributed by atoms with Crippen LogP contribution in [0.4, 0.5) is 5.69 Å². The van der Waals surface area contributed by atoms with Crippen LogP contribution in [0.15, 0.2) is 36.5 Å². The Hall–Kier alpha value is -2.78. The highest BCUT2D eigenvalue weighted by Crippen LogP contribution is 2.27. The molecule has 0 saturated carbocycles. The number of amides is 1. The predicted molar refractivity (Wildman–Crippen MR) is 94.8 cm³/mol. The van der Waals surface area contributed by atoms with E-state index in [1.807, 2.05) is 12.1 Å². The predicted octanol–water partition coefficient (Wildman–Crippen LogP) is 2.75. The molecule has 0 unspecified atom stereocenters. The van der Waals surface area contributed by atoms with Gasteiger partial charge < -0.3 is 15.4 Å². The molecule has 3 rings (SSSR count). The largest absolute Gasteiger partial charge is 0.490 e. The number of pyridine rings is 1. The molecule has 2 heterocycles. The number of anilines is 1. The Kier molecular flexibility index (Phi) is 5.05. The zero-order chi connectivity index (χ0) is 17.8. The van der Waals surface area contributed by atoms with Gasteiger partial charge in [-0.25, -0.2) is 0 Å². The molecule has 1 aromatic heterocycles. The SMILES string of the molecule is N#Cc1ccc(N2CCC(Oc3ccnc(C(N)=O)c3)CC2)cc1Cl. The molecule has 6 nitrogen and oxygen atoms in total. The summed E-state index contributed by atoms with van der Waals surface area (Å²) in [6.45, 7) is 1.64. The minimum absolute atomic E-state index is 0.0632. The van der Waals surface area contributed by atoms with Crippen LogP contribution in [0.5, 0.6) is 5.75 Å². The summed E-state index contributed by atoms with van der Waals surface area (Å²) < 4.78 is 5.95. The van der Waals surface area contributed by atoms with Crippen LogP contribution in [0.1, 0.15) is 28.9 Å². The van der Waals surface area contributed by atoms with Crippen molar-refractivity contribution < 1.29 is 9.53 Å². The fourth-order valence-corrected chi connectivity index (χ4v) is 3.05. The number of hydrogen-bond donors (Lipinski definition) is 1. The molecule has 0 radical (unpaired) electrons. The number of rotatable bonds is 4. The second kappa shape index (κ2) is 7.41. The fraction of sp³-hybridized carbons (Fsp3) is 0.278. The summed E-state index contributed by atoms with van der Waals surface area (Å²) in [4.78, 5) is 17.3. The van der Waals surface area contributed by atoms with Crippen LogP contribution >= 0.6 is 11.6 Å². The molecular formula is C18H17ClN4O2. The van der Waals surface area contributed by atoms with Crippen molar-refractivity contribution in [1.82, 2.24) is 4.98 Å². The second-order valence-electron chi connectivity index (χ2n) is 5.82. The Labute approximate surface area is 150 Å². The van der Waals surface area contributed by atoms with Crippen LogP contribution in [0.3, 0.4) is 0 Å². The van der Waals surface area contributed by atoms with Gasteiger partial charge in [-0.1, -0.05) is 11.6 Å². The lowest BCUT2D eigenvalue weighted by Crippen LogP contribution is -2.38. The van der Waals surface area contributed by atoms with E-state index in [2.05, 4.69) is 16.0 Å². The molecule has 0 spiro atoms. The maximum atomic E-state index is 11.2. The van der Waals surface area contributed by atoms with Crippen LogP contribution < -0.4 is 15.4 Å². The molecule has 1 aliphatic rings. The number of nitriles is 1. The number of benzene rings is 1. The minimum atomic E-state index is -0.571. The summed E-state index contributed by atoms with van der Waals surface area (Å²) in [7, 11) is 0. The van der Waals surface area contributed by atoms with E-state index in [1.165, 1.54) is 6.20 Å². The van der Waals surface area contributed by atoms with Gasteiger partial charge in [-0.15, -0.1) is 0 Å². The van der Waals surface area contributed by atoms with E-state index in [-0.39, 0.29) is 11.8 Å². The summed E-state index contributed by atoms with van der Waals surface area (Å²) in [5.74, 6) is 0.0293. The number of nitrogens with two attached hydrogens (primary N) is 1. The minimum Gasteiger partial charge on any atom is -0.490 e. The van der Waals surface area contributed by atoms with Crippen molar-refractivity contribution in [2.45, 2.75) is 18.9 Å². The molecule has 2 N–H and O–H groups in total. The second-order valence-corrected chi connectivity index (χ2v) is 6.23. The molecule has 0 atom stereocenters. The monoisotopic (exact) mass is 356 g/mol. The van der Waals surface area contributed by atoms with Gasteiger partial charge in [-0.3, -0.25) is 9.78 Å². The highest BCUT2D eigenvalue weighted by molar-refractivity contribution is 6.32. The fourth-order valence-electron chi connectivity index (χ4n) is 2.83. The van der Waals surface area contributed by atoms with Crippen LogP contribution in [-0.2, 0) is 0 Å². The molecule has 1 fully saturated rings. The van der Waals surface area contributed by atoms with E-state index in [9.17, 15) is 4.79 Å².